The molecule has 1 aromatic rings. The second-order valence-electron chi connectivity index (χ2n) is 4.18. The van der Waals surface area contributed by atoms with Gasteiger partial charge in [0, 0.05) is 19.6 Å². The van der Waals surface area contributed by atoms with E-state index < -0.39 is 0 Å². The first-order chi connectivity index (χ1) is 8.11. The summed E-state index contributed by atoms with van der Waals surface area (Å²) >= 11 is 0. The first-order valence-corrected chi connectivity index (χ1v) is 5.55. The summed E-state index contributed by atoms with van der Waals surface area (Å²) in [5.41, 5.74) is 11.1. The van der Waals surface area contributed by atoms with Crippen molar-refractivity contribution < 1.29 is 4.74 Å². The summed E-state index contributed by atoms with van der Waals surface area (Å²) < 4.78 is 5.64. The van der Waals surface area contributed by atoms with Crippen LogP contribution in [0.4, 0.5) is 11.5 Å². The van der Waals surface area contributed by atoms with E-state index in [4.69, 9.17) is 16.2 Å². The summed E-state index contributed by atoms with van der Waals surface area (Å²) in [7, 11) is 0. The number of nitrogen functional groups attached to an aromatic ring is 1. The summed E-state index contributed by atoms with van der Waals surface area (Å²) in [6, 6.07) is 0. The normalized spacial score (nSPS) is 24.9. The highest BCUT2D eigenvalue weighted by atomic mass is 16.5. The quantitative estimate of drug-likeness (QED) is 0.604. The van der Waals surface area contributed by atoms with Gasteiger partial charge in [-0.15, -0.1) is 0 Å². The molecule has 0 aromatic carbocycles. The summed E-state index contributed by atoms with van der Waals surface area (Å²) in [5, 5.41) is 0. The average Bonchev–Trinajstić information content (AvgIpc) is 2.31. The molecular formula is C10H17N5O2. The summed E-state index contributed by atoms with van der Waals surface area (Å²) in [6.45, 7) is 3.64. The molecule has 2 unspecified atom stereocenters. The van der Waals surface area contributed by atoms with Crippen LogP contribution in [0.1, 0.15) is 6.92 Å². The molecule has 0 bridgehead atoms. The molecule has 0 spiro atoms. The fraction of sp³-hybridized carbons (Fsp3) is 0.600. The van der Waals surface area contributed by atoms with Crippen molar-refractivity contribution >= 4 is 11.5 Å². The van der Waals surface area contributed by atoms with Crippen LogP contribution >= 0.6 is 0 Å². The molecule has 1 fully saturated rings. The molecule has 2 heterocycles. The lowest BCUT2D eigenvalue weighted by molar-refractivity contribution is -0.0106. The number of nitrogens with one attached hydrogen (secondary N) is 1. The first kappa shape index (κ1) is 11.9. The van der Waals surface area contributed by atoms with E-state index in [0.29, 0.717) is 25.5 Å². The molecule has 7 nitrogen and oxygen atoms in total. The van der Waals surface area contributed by atoms with Gasteiger partial charge in [0.2, 0.25) is 0 Å². The Hall–Kier alpha value is -1.60. The van der Waals surface area contributed by atoms with Crippen molar-refractivity contribution in [2.45, 2.75) is 19.1 Å². The third kappa shape index (κ3) is 2.40. The van der Waals surface area contributed by atoms with Gasteiger partial charge in [0.05, 0.1) is 18.5 Å². The number of aromatic nitrogens is 2. The van der Waals surface area contributed by atoms with Crippen LogP contribution in [0.2, 0.25) is 0 Å². The zero-order valence-electron chi connectivity index (χ0n) is 9.72. The first-order valence-electron chi connectivity index (χ1n) is 5.55. The van der Waals surface area contributed by atoms with Crippen LogP contribution < -0.4 is 21.9 Å². The van der Waals surface area contributed by atoms with Crippen LogP contribution in [0.15, 0.2) is 11.1 Å². The number of nitrogens with zero attached hydrogens (tertiary/aromatic N) is 2. The topological polar surface area (TPSA) is 110 Å². The minimum Gasteiger partial charge on any atom is -0.391 e. The highest BCUT2D eigenvalue weighted by molar-refractivity contribution is 5.61. The number of nitrogens with two attached hydrogens (primary N) is 2. The van der Waals surface area contributed by atoms with Crippen molar-refractivity contribution in [3.8, 4) is 0 Å². The zero-order chi connectivity index (χ0) is 12.4. The molecule has 2 rings (SSSR count). The lowest BCUT2D eigenvalue weighted by Gasteiger charge is -2.37. The highest BCUT2D eigenvalue weighted by Gasteiger charge is 2.26. The highest BCUT2D eigenvalue weighted by Crippen LogP contribution is 2.20. The number of aromatic amines is 1. The Morgan fingerprint density at radius 1 is 1.65 bits per heavy atom. The number of anilines is 2. The maximum absolute atomic E-state index is 11.4. The standard InChI is InChI=1S/C10H17N5O2/c1-6-3-15(4-7(2-11)17-6)9-8(12)10(16)14-5-13-9/h5-7H,2-4,11-12H2,1H3,(H,13,14,16). The maximum atomic E-state index is 11.4. The second kappa shape index (κ2) is 4.72. The number of hydrogen-bond acceptors (Lipinski definition) is 6. The molecule has 0 aliphatic carbocycles. The van der Waals surface area contributed by atoms with Crippen LogP contribution in [-0.4, -0.2) is 41.8 Å². The minimum atomic E-state index is -0.321. The Kier molecular flexibility index (Phi) is 3.30. The molecule has 1 saturated heterocycles. The number of hydrogen-bond donors (Lipinski definition) is 3. The Bertz CT molecular complexity index is 447. The molecule has 94 valence electrons. The molecule has 1 aromatic heterocycles. The molecule has 0 amide bonds. The number of rotatable bonds is 2. The van der Waals surface area contributed by atoms with Gasteiger partial charge in [0.15, 0.2) is 5.82 Å². The van der Waals surface area contributed by atoms with Crippen LogP contribution in [0.3, 0.4) is 0 Å². The van der Waals surface area contributed by atoms with Crippen molar-refractivity contribution in [2.24, 2.45) is 5.73 Å². The molecule has 2 atom stereocenters. The summed E-state index contributed by atoms with van der Waals surface area (Å²) in [5.74, 6) is 0.502. The molecule has 17 heavy (non-hydrogen) atoms. The van der Waals surface area contributed by atoms with E-state index in [0.717, 1.165) is 0 Å². The fourth-order valence-corrected chi connectivity index (χ4v) is 2.00. The second-order valence-corrected chi connectivity index (χ2v) is 4.18. The van der Waals surface area contributed by atoms with Gasteiger partial charge in [-0.1, -0.05) is 0 Å². The Morgan fingerprint density at radius 2 is 2.41 bits per heavy atom. The Morgan fingerprint density at radius 3 is 3.12 bits per heavy atom. The Labute approximate surface area is 98.8 Å². The molecule has 0 radical (unpaired) electrons. The molecule has 1 aliphatic heterocycles. The van der Waals surface area contributed by atoms with Crippen molar-refractivity contribution in [3.05, 3.63) is 16.7 Å². The molecule has 5 N–H and O–H groups in total. The van der Waals surface area contributed by atoms with E-state index in [1.54, 1.807) is 0 Å². The van der Waals surface area contributed by atoms with E-state index in [1.165, 1.54) is 6.33 Å². The molecular weight excluding hydrogens is 222 g/mol. The summed E-state index contributed by atoms with van der Waals surface area (Å²) in [4.78, 5) is 19.9. The van der Waals surface area contributed by atoms with Crippen LogP contribution in [-0.2, 0) is 4.74 Å². The van der Waals surface area contributed by atoms with Crippen molar-refractivity contribution in [3.63, 3.8) is 0 Å². The lowest BCUT2D eigenvalue weighted by Crippen LogP contribution is -2.50. The predicted molar refractivity (Wildman–Crippen MR) is 64.9 cm³/mol. The number of ether oxygens (including phenoxy) is 1. The van der Waals surface area contributed by atoms with E-state index in [9.17, 15) is 4.79 Å². The van der Waals surface area contributed by atoms with E-state index in [1.807, 2.05) is 11.8 Å². The lowest BCUT2D eigenvalue weighted by atomic mass is 10.2. The monoisotopic (exact) mass is 239 g/mol. The van der Waals surface area contributed by atoms with Gasteiger partial charge in [-0.05, 0) is 6.92 Å². The largest absolute Gasteiger partial charge is 0.391 e. The van der Waals surface area contributed by atoms with E-state index in [-0.39, 0.29) is 23.5 Å². The van der Waals surface area contributed by atoms with Gasteiger partial charge in [0.1, 0.15) is 5.69 Å². The molecule has 7 heteroatoms. The average molecular weight is 239 g/mol. The number of morpholine rings is 1. The minimum absolute atomic E-state index is 0.0396. The third-order valence-corrected chi connectivity index (χ3v) is 2.76. The van der Waals surface area contributed by atoms with Gasteiger partial charge in [-0.3, -0.25) is 4.79 Å². The van der Waals surface area contributed by atoms with Gasteiger partial charge in [-0.2, -0.15) is 0 Å². The third-order valence-electron chi connectivity index (χ3n) is 2.76. The molecule has 0 saturated carbocycles. The van der Waals surface area contributed by atoms with Crippen molar-refractivity contribution in [2.75, 3.05) is 30.3 Å². The van der Waals surface area contributed by atoms with Gasteiger partial charge < -0.3 is 26.1 Å². The van der Waals surface area contributed by atoms with Crippen LogP contribution in [0.5, 0.6) is 0 Å². The van der Waals surface area contributed by atoms with Gasteiger partial charge in [-0.25, -0.2) is 4.98 Å². The SMILES string of the molecule is CC1CN(c2nc[nH]c(=O)c2N)CC(CN)O1. The zero-order valence-corrected chi connectivity index (χ0v) is 9.72. The maximum Gasteiger partial charge on any atom is 0.276 e. The van der Waals surface area contributed by atoms with E-state index in [2.05, 4.69) is 9.97 Å². The summed E-state index contributed by atoms with van der Waals surface area (Å²) in [6.07, 6.45) is 1.34. The Balaban J connectivity index is 2.27. The molecule has 1 aliphatic rings. The fourth-order valence-electron chi connectivity index (χ4n) is 2.00. The van der Waals surface area contributed by atoms with Crippen molar-refractivity contribution in [1.29, 1.82) is 0 Å². The van der Waals surface area contributed by atoms with Gasteiger partial charge in [0.25, 0.3) is 5.56 Å². The van der Waals surface area contributed by atoms with Crippen LogP contribution in [0.25, 0.3) is 0 Å². The van der Waals surface area contributed by atoms with Gasteiger partial charge >= 0.3 is 0 Å². The smallest absolute Gasteiger partial charge is 0.276 e. The predicted octanol–water partition coefficient (Wildman–Crippen LogP) is -1.10. The van der Waals surface area contributed by atoms with Crippen LogP contribution in [0, 0.1) is 0 Å². The van der Waals surface area contributed by atoms with Crippen molar-refractivity contribution in [1.82, 2.24) is 9.97 Å². The van der Waals surface area contributed by atoms with E-state index >= 15 is 0 Å². The number of H-pyrrole nitrogens is 1.